The standard InChI is InChI=1S/C24H21N5O5/c1-15-3-8-19(9-4-15)26-22(31)17-7-12-20-27-29(24(33)28(20)13-17)14-21(30)25-18-10-5-16(6-11-18)23(32)34-2/h3-13H,14H2,1-2H3,(H,25,30)(H,26,31). The van der Waals surface area contributed by atoms with Gasteiger partial charge in [0, 0.05) is 17.6 Å². The van der Waals surface area contributed by atoms with Gasteiger partial charge in [0.05, 0.1) is 18.2 Å². The number of esters is 1. The van der Waals surface area contributed by atoms with E-state index in [9.17, 15) is 19.2 Å². The highest BCUT2D eigenvalue weighted by Crippen LogP contribution is 2.12. The molecule has 2 aromatic carbocycles. The van der Waals surface area contributed by atoms with Crippen LogP contribution < -0.4 is 16.3 Å². The Bertz CT molecular complexity index is 1440. The van der Waals surface area contributed by atoms with Gasteiger partial charge >= 0.3 is 11.7 Å². The molecule has 2 heterocycles. The van der Waals surface area contributed by atoms with Gasteiger partial charge in [0.1, 0.15) is 6.54 Å². The number of nitrogens with one attached hydrogen (secondary N) is 2. The summed E-state index contributed by atoms with van der Waals surface area (Å²) < 4.78 is 6.86. The number of aromatic nitrogens is 3. The highest BCUT2D eigenvalue weighted by molar-refractivity contribution is 6.04. The summed E-state index contributed by atoms with van der Waals surface area (Å²) in [5.74, 6) is -1.34. The van der Waals surface area contributed by atoms with Crippen LogP contribution in [0.3, 0.4) is 0 Å². The van der Waals surface area contributed by atoms with E-state index < -0.39 is 17.6 Å². The Morgan fingerprint density at radius 1 is 0.882 bits per heavy atom. The number of carbonyl (C=O) groups excluding carboxylic acids is 3. The maximum atomic E-state index is 12.7. The quantitative estimate of drug-likeness (QED) is 0.427. The molecule has 0 saturated heterocycles. The van der Waals surface area contributed by atoms with Crippen LogP contribution >= 0.6 is 0 Å². The fourth-order valence-electron chi connectivity index (χ4n) is 3.24. The smallest absolute Gasteiger partial charge is 0.350 e. The molecule has 34 heavy (non-hydrogen) atoms. The second-order valence-electron chi connectivity index (χ2n) is 7.52. The lowest BCUT2D eigenvalue weighted by Gasteiger charge is -2.06. The van der Waals surface area contributed by atoms with Crippen molar-refractivity contribution in [1.82, 2.24) is 14.2 Å². The van der Waals surface area contributed by atoms with Crippen LogP contribution in [-0.4, -0.2) is 39.1 Å². The van der Waals surface area contributed by atoms with Crippen LogP contribution in [0.4, 0.5) is 11.4 Å². The number of hydrogen-bond donors (Lipinski definition) is 2. The first-order valence-electron chi connectivity index (χ1n) is 10.3. The molecule has 10 heteroatoms. The molecule has 10 nitrogen and oxygen atoms in total. The number of hydrogen-bond acceptors (Lipinski definition) is 6. The lowest BCUT2D eigenvalue weighted by Crippen LogP contribution is -2.28. The maximum absolute atomic E-state index is 12.7. The molecule has 4 aromatic rings. The predicted molar refractivity (Wildman–Crippen MR) is 125 cm³/mol. The van der Waals surface area contributed by atoms with E-state index in [-0.39, 0.29) is 18.0 Å². The molecular weight excluding hydrogens is 438 g/mol. The number of benzene rings is 2. The van der Waals surface area contributed by atoms with Crippen molar-refractivity contribution < 1.29 is 19.1 Å². The van der Waals surface area contributed by atoms with Crippen molar-refractivity contribution >= 4 is 34.8 Å². The van der Waals surface area contributed by atoms with Crippen molar-refractivity contribution in [3.8, 4) is 0 Å². The van der Waals surface area contributed by atoms with E-state index in [0.29, 0.717) is 22.6 Å². The molecule has 0 fully saturated rings. The number of amides is 2. The molecule has 0 aliphatic carbocycles. The number of methoxy groups -OCH3 is 1. The van der Waals surface area contributed by atoms with Crippen LogP contribution in [0, 0.1) is 6.92 Å². The van der Waals surface area contributed by atoms with Crippen LogP contribution in [0.2, 0.25) is 0 Å². The number of carbonyl (C=O) groups is 3. The van der Waals surface area contributed by atoms with Crippen LogP contribution in [0.25, 0.3) is 5.65 Å². The first kappa shape index (κ1) is 22.5. The Morgan fingerprint density at radius 2 is 1.50 bits per heavy atom. The summed E-state index contributed by atoms with van der Waals surface area (Å²) in [6.45, 7) is 1.62. The molecule has 0 spiro atoms. The summed E-state index contributed by atoms with van der Waals surface area (Å²) in [6.07, 6.45) is 1.38. The largest absolute Gasteiger partial charge is 0.465 e. The molecule has 0 saturated carbocycles. The number of fused-ring (bicyclic) bond motifs is 1. The molecule has 2 aromatic heterocycles. The third kappa shape index (κ3) is 4.85. The van der Waals surface area contributed by atoms with Crippen LogP contribution in [0.1, 0.15) is 26.3 Å². The lowest BCUT2D eigenvalue weighted by molar-refractivity contribution is -0.117. The van der Waals surface area contributed by atoms with Crippen molar-refractivity contribution in [3.05, 3.63) is 94.0 Å². The Labute approximate surface area is 193 Å². The fraction of sp³-hybridized carbons (Fsp3) is 0.125. The molecule has 0 unspecified atom stereocenters. The summed E-state index contributed by atoms with van der Waals surface area (Å²) in [5, 5.41) is 9.57. The molecular formula is C24H21N5O5. The number of anilines is 2. The highest BCUT2D eigenvalue weighted by atomic mass is 16.5. The maximum Gasteiger partial charge on any atom is 0.350 e. The first-order chi connectivity index (χ1) is 16.3. The average Bonchev–Trinajstić information content (AvgIpc) is 3.14. The normalized spacial score (nSPS) is 10.6. The minimum absolute atomic E-state index is 0.268. The third-order valence-corrected chi connectivity index (χ3v) is 5.03. The van der Waals surface area contributed by atoms with E-state index >= 15 is 0 Å². The summed E-state index contributed by atoms with van der Waals surface area (Å²) in [7, 11) is 1.28. The summed E-state index contributed by atoms with van der Waals surface area (Å²) in [5.41, 5.74) is 2.51. The number of pyridine rings is 1. The zero-order valence-electron chi connectivity index (χ0n) is 18.4. The van der Waals surface area contributed by atoms with Gasteiger partial charge in [0.25, 0.3) is 5.91 Å². The molecule has 0 aliphatic rings. The van der Waals surface area contributed by atoms with Crippen molar-refractivity contribution in [3.63, 3.8) is 0 Å². The monoisotopic (exact) mass is 459 g/mol. The summed E-state index contributed by atoms with van der Waals surface area (Å²) in [4.78, 5) is 49.2. The van der Waals surface area contributed by atoms with Crippen molar-refractivity contribution in [2.75, 3.05) is 17.7 Å². The number of nitrogens with zero attached hydrogens (tertiary/aromatic N) is 3. The predicted octanol–water partition coefficient (Wildman–Crippen LogP) is 2.48. The lowest BCUT2D eigenvalue weighted by atomic mass is 10.2. The van der Waals surface area contributed by atoms with Crippen LogP contribution in [0.5, 0.6) is 0 Å². The number of ether oxygens (including phenoxy) is 1. The molecule has 2 N–H and O–H groups in total. The molecule has 4 rings (SSSR count). The number of aryl methyl sites for hydroxylation is 1. The third-order valence-electron chi connectivity index (χ3n) is 5.03. The van der Waals surface area contributed by atoms with Gasteiger partial charge in [0.15, 0.2) is 5.65 Å². The molecule has 2 amide bonds. The average molecular weight is 459 g/mol. The first-order valence-corrected chi connectivity index (χ1v) is 10.3. The zero-order chi connectivity index (χ0) is 24.2. The molecule has 0 atom stereocenters. The van der Waals surface area contributed by atoms with E-state index in [1.54, 1.807) is 30.3 Å². The fourth-order valence-corrected chi connectivity index (χ4v) is 3.24. The van der Waals surface area contributed by atoms with Gasteiger partial charge in [-0.2, -0.15) is 0 Å². The summed E-state index contributed by atoms with van der Waals surface area (Å²) in [6, 6.07) is 16.6. The second-order valence-corrected chi connectivity index (χ2v) is 7.52. The van der Waals surface area contributed by atoms with E-state index in [0.717, 1.165) is 10.2 Å². The minimum atomic E-state index is -0.559. The van der Waals surface area contributed by atoms with Crippen molar-refractivity contribution in [2.45, 2.75) is 13.5 Å². The van der Waals surface area contributed by atoms with E-state index in [1.807, 2.05) is 19.1 Å². The van der Waals surface area contributed by atoms with E-state index in [2.05, 4.69) is 20.5 Å². The molecule has 0 bridgehead atoms. The van der Waals surface area contributed by atoms with Gasteiger partial charge < -0.3 is 15.4 Å². The van der Waals surface area contributed by atoms with Gasteiger partial charge in [-0.1, -0.05) is 17.7 Å². The van der Waals surface area contributed by atoms with Gasteiger partial charge in [-0.25, -0.2) is 18.7 Å². The van der Waals surface area contributed by atoms with Gasteiger partial charge in [-0.3, -0.25) is 9.59 Å². The Hall–Kier alpha value is -4.73. The van der Waals surface area contributed by atoms with Gasteiger partial charge in [-0.15, -0.1) is 5.10 Å². The topological polar surface area (TPSA) is 124 Å². The Morgan fingerprint density at radius 3 is 2.18 bits per heavy atom. The minimum Gasteiger partial charge on any atom is -0.465 e. The van der Waals surface area contributed by atoms with E-state index in [4.69, 9.17) is 0 Å². The zero-order valence-corrected chi connectivity index (χ0v) is 18.4. The van der Waals surface area contributed by atoms with Crippen molar-refractivity contribution in [1.29, 1.82) is 0 Å². The molecule has 0 aliphatic heterocycles. The Kier molecular flexibility index (Phi) is 6.22. The Balaban J connectivity index is 1.47. The van der Waals surface area contributed by atoms with Crippen LogP contribution in [-0.2, 0) is 16.1 Å². The van der Waals surface area contributed by atoms with Crippen LogP contribution in [0.15, 0.2) is 71.7 Å². The van der Waals surface area contributed by atoms with Crippen molar-refractivity contribution in [2.24, 2.45) is 0 Å². The molecule has 172 valence electrons. The van der Waals surface area contributed by atoms with E-state index in [1.165, 1.54) is 35.9 Å². The van der Waals surface area contributed by atoms with Gasteiger partial charge in [0.2, 0.25) is 5.91 Å². The molecule has 0 radical (unpaired) electrons. The second kappa shape index (κ2) is 9.41. The number of rotatable bonds is 6. The SMILES string of the molecule is COC(=O)c1ccc(NC(=O)Cn2nc3ccc(C(=O)Nc4ccc(C)cc4)cn3c2=O)cc1. The highest BCUT2D eigenvalue weighted by Gasteiger charge is 2.14. The van der Waals surface area contributed by atoms with Gasteiger partial charge in [-0.05, 0) is 55.5 Å². The summed E-state index contributed by atoms with van der Waals surface area (Å²) >= 11 is 0.